The van der Waals surface area contributed by atoms with Crippen LogP contribution in [0.2, 0.25) is 5.02 Å². The molecule has 0 saturated carbocycles. The van der Waals surface area contributed by atoms with E-state index in [1.807, 2.05) is 13.8 Å². The Bertz CT molecular complexity index is 687. The molecular weight excluding hydrogens is 292 g/mol. The van der Waals surface area contributed by atoms with Gasteiger partial charge < -0.3 is 10.5 Å². The summed E-state index contributed by atoms with van der Waals surface area (Å²) >= 11 is 6.14. The zero-order valence-corrected chi connectivity index (χ0v) is 12.4. The molecular formula is C15H15ClN2O3. The molecule has 0 aromatic heterocycles. The van der Waals surface area contributed by atoms with Gasteiger partial charge in [-0.05, 0) is 43.2 Å². The molecule has 0 aliphatic heterocycles. The van der Waals surface area contributed by atoms with Crippen LogP contribution in [-0.4, -0.2) is 4.92 Å². The molecule has 0 amide bonds. The van der Waals surface area contributed by atoms with Crippen molar-refractivity contribution in [1.29, 1.82) is 0 Å². The van der Waals surface area contributed by atoms with Crippen LogP contribution in [0.4, 0.5) is 5.69 Å². The molecule has 0 aliphatic rings. The normalized spacial score (nSPS) is 12.0. The van der Waals surface area contributed by atoms with E-state index in [0.29, 0.717) is 10.8 Å². The zero-order chi connectivity index (χ0) is 15.6. The van der Waals surface area contributed by atoms with Crippen LogP contribution in [0.1, 0.15) is 24.1 Å². The second kappa shape index (κ2) is 6.11. The first-order chi connectivity index (χ1) is 9.88. The van der Waals surface area contributed by atoms with Gasteiger partial charge in [-0.3, -0.25) is 10.1 Å². The minimum atomic E-state index is -0.487. The van der Waals surface area contributed by atoms with Gasteiger partial charge in [-0.25, -0.2) is 0 Å². The lowest BCUT2D eigenvalue weighted by Gasteiger charge is -2.11. The van der Waals surface area contributed by atoms with E-state index in [4.69, 9.17) is 22.1 Å². The Morgan fingerprint density at radius 3 is 2.52 bits per heavy atom. The number of hydrogen-bond donors (Lipinski definition) is 1. The van der Waals surface area contributed by atoms with Gasteiger partial charge in [0.25, 0.3) is 0 Å². The fourth-order valence-electron chi connectivity index (χ4n) is 1.86. The monoisotopic (exact) mass is 306 g/mol. The molecule has 110 valence electrons. The van der Waals surface area contributed by atoms with Crippen molar-refractivity contribution in [3.05, 3.63) is 62.7 Å². The molecule has 0 saturated heterocycles. The Hall–Kier alpha value is -2.11. The zero-order valence-electron chi connectivity index (χ0n) is 11.7. The summed E-state index contributed by atoms with van der Waals surface area (Å²) in [6, 6.07) is 9.67. The quantitative estimate of drug-likeness (QED) is 0.672. The van der Waals surface area contributed by atoms with E-state index in [-0.39, 0.29) is 17.5 Å². The summed E-state index contributed by atoms with van der Waals surface area (Å²) in [5.74, 6) is 0.519. The largest absolute Gasteiger partial charge is 0.449 e. The molecule has 2 N–H and O–H groups in total. The lowest BCUT2D eigenvalue weighted by atomic mass is 10.1. The summed E-state index contributed by atoms with van der Waals surface area (Å²) in [7, 11) is 0. The number of hydrogen-bond acceptors (Lipinski definition) is 4. The average Bonchev–Trinajstić information content (AvgIpc) is 2.40. The molecule has 0 heterocycles. The molecule has 1 atom stereocenters. The topological polar surface area (TPSA) is 78.4 Å². The molecule has 0 unspecified atom stereocenters. The maximum absolute atomic E-state index is 11.0. The summed E-state index contributed by atoms with van der Waals surface area (Å²) in [5.41, 5.74) is 7.40. The van der Waals surface area contributed by atoms with Crippen LogP contribution in [0, 0.1) is 17.0 Å². The molecule has 5 nitrogen and oxygen atoms in total. The van der Waals surface area contributed by atoms with Crippen LogP contribution in [0.5, 0.6) is 11.5 Å². The molecule has 0 spiro atoms. The molecule has 0 radical (unpaired) electrons. The predicted octanol–water partition coefficient (Wildman–Crippen LogP) is 4.37. The lowest BCUT2D eigenvalue weighted by Crippen LogP contribution is -2.04. The molecule has 0 aliphatic carbocycles. The van der Waals surface area contributed by atoms with E-state index in [9.17, 15) is 10.1 Å². The molecule has 0 bridgehead atoms. The molecule has 6 heteroatoms. The number of nitro groups is 1. The van der Waals surface area contributed by atoms with Gasteiger partial charge in [0, 0.05) is 12.1 Å². The number of nitro benzene ring substituents is 1. The summed E-state index contributed by atoms with van der Waals surface area (Å²) < 4.78 is 5.60. The van der Waals surface area contributed by atoms with Gasteiger partial charge in [0.2, 0.25) is 5.75 Å². The predicted molar refractivity (Wildman–Crippen MR) is 82.0 cm³/mol. The van der Waals surface area contributed by atoms with E-state index in [1.165, 1.54) is 6.07 Å². The van der Waals surface area contributed by atoms with Gasteiger partial charge in [0.1, 0.15) is 5.75 Å². The van der Waals surface area contributed by atoms with E-state index < -0.39 is 4.92 Å². The van der Waals surface area contributed by atoms with Gasteiger partial charge >= 0.3 is 5.69 Å². The highest BCUT2D eigenvalue weighted by atomic mass is 35.5. The average molecular weight is 307 g/mol. The molecule has 2 aromatic rings. The van der Waals surface area contributed by atoms with Crippen LogP contribution >= 0.6 is 11.6 Å². The maximum Gasteiger partial charge on any atom is 0.311 e. The molecule has 2 rings (SSSR count). The van der Waals surface area contributed by atoms with Gasteiger partial charge in [-0.2, -0.15) is 0 Å². The smallest absolute Gasteiger partial charge is 0.311 e. The summed E-state index contributed by atoms with van der Waals surface area (Å²) in [6.07, 6.45) is 0. The van der Waals surface area contributed by atoms with Crippen molar-refractivity contribution in [2.45, 2.75) is 19.9 Å². The Balaban J connectivity index is 2.38. The van der Waals surface area contributed by atoms with Crippen LogP contribution in [0.25, 0.3) is 0 Å². The highest BCUT2D eigenvalue weighted by Gasteiger charge is 2.17. The van der Waals surface area contributed by atoms with Crippen LogP contribution in [-0.2, 0) is 0 Å². The Morgan fingerprint density at radius 1 is 1.24 bits per heavy atom. The lowest BCUT2D eigenvalue weighted by molar-refractivity contribution is -0.385. The number of nitrogens with two attached hydrogens (primary N) is 1. The van der Waals surface area contributed by atoms with Crippen molar-refractivity contribution in [1.82, 2.24) is 0 Å². The van der Waals surface area contributed by atoms with Gasteiger partial charge in [0.05, 0.1) is 9.95 Å². The fourth-order valence-corrected chi connectivity index (χ4v) is 2.08. The third kappa shape index (κ3) is 3.51. The number of halogens is 1. The first-order valence-corrected chi connectivity index (χ1v) is 6.74. The number of aryl methyl sites for hydroxylation is 1. The van der Waals surface area contributed by atoms with E-state index in [2.05, 4.69) is 0 Å². The Labute approximate surface area is 127 Å². The Kier molecular flexibility index (Phi) is 4.45. The van der Waals surface area contributed by atoms with Crippen molar-refractivity contribution in [3.8, 4) is 11.5 Å². The highest BCUT2D eigenvalue weighted by Crippen LogP contribution is 2.36. The molecule has 0 fully saturated rings. The minimum absolute atomic E-state index is 0.104. The minimum Gasteiger partial charge on any atom is -0.449 e. The number of benzene rings is 2. The number of rotatable bonds is 4. The van der Waals surface area contributed by atoms with Crippen molar-refractivity contribution in [3.63, 3.8) is 0 Å². The van der Waals surface area contributed by atoms with E-state index in [0.717, 1.165) is 11.1 Å². The standard InChI is InChI=1S/C15H15ClN2O3/c1-9-3-5-13(18(19)20)15(7-9)21-14-6-4-11(10(2)17)8-12(14)16/h3-8,10H,17H2,1-2H3/t10-/m0/s1. The van der Waals surface area contributed by atoms with Gasteiger partial charge in [-0.1, -0.05) is 23.7 Å². The number of nitrogens with zero attached hydrogens (tertiary/aromatic N) is 1. The number of ether oxygens (including phenoxy) is 1. The van der Waals surface area contributed by atoms with Crippen molar-refractivity contribution in [2.24, 2.45) is 5.73 Å². The van der Waals surface area contributed by atoms with Crippen molar-refractivity contribution < 1.29 is 9.66 Å². The first-order valence-electron chi connectivity index (χ1n) is 6.36. The summed E-state index contributed by atoms with van der Waals surface area (Å²) in [6.45, 7) is 3.68. The Morgan fingerprint density at radius 2 is 1.95 bits per heavy atom. The molecule has 2 aromatic carbocycles. The fraction of sp³-hybridized carbons (Fsp3) is 0.200. The third-order valence-corrected chi connectivity index (χ3v) is 3.31. The second-order valence-corrected chi connectivity index (χ2v) is 5.22. The van der Waals surface area contributed by atoms with Crippen LogP contribution in [0.3, 0.4) is 0 Å². The molecule has 21 heavy (non-hydrogen) atoms. The second-order valence-electron chi connectivity index (χ2n) is 4.81. The maximum atomic E-state index is 11.0. The summed E-state index contributed by atoms with van der Waals surface area (Å²) in [4.78, 5) is 10.5. The SMILES string of the molecule is Cc1ccc([N+](=O)[O-])c(Oc2ccc([C@H](C)N)cc2Cl)c1. The van der Waals surface area contributed by atoms with Crippen LogP contribution < -0.4 is 10.5 Å². The van der Waals surface area contributed by atoms with Crippen molar-refractivity contribution in [2.75, 3.05) is 0 Å². The van der Waals surface area contributed by atoms with Crippen LogP contribution in [0.15, 0.2) is 36.4 Å². The van der Waals surface area contributed by atoms with Crippen molar-refractivity contribution >= 4 is 17.3 Å². The highest BCUT2D eigenvalue weighted by molar-refractivity contribution is 6.32. The van der Waals surface area contributed by atoms with Gasteiger partial charge in [0.15, 0.2) is 0 Å². The van der Waals surface area contributed by atoms with E-state index in [1.54, 1.807) is 30.3 Å². The summed E-state index contributed by atoms with van der Waals surface area (Å²) in [5, 5.41) is 11.4. The van der Waals surface area contributed by atoms with E-state index >= 15 is 0 Å². The van der Waals surface area contributed by atoms with Gasteiger partial charge in [-0.15, -0.1) is 0 Å². The first kappa shape index (κ1) is 15.3. The third-order valence-electron chi connectivity index (χ3n) is 3.01.